The number of halogens is 1. The van der Waals surface area contributed by atoms with Gasteiger partial charge in [0.1, 0.15) is 17.6 Å². The molecule has 1 saturated heterocycles. The molecule has 7 heteroatoms. The number of methoxy groups -OCH3 is 1. The van der Waals surface area contributed by atoms with Crippen LogP contribution in [0.3, 0.4) is 0 Å². The van der Waals surface area contributed by atoms with Crippen LogP contribution in [0.5, 0.6) is 5.75 Å². The molecule has 0 aromatic heterocycles. The van der Waals surface area contributed by atoms with E-state index in [9.17, 15) is 14.0 Å². The Morgan fingerprint density at radius 1 is 1.19 bits per heavy atom. The minimum absolute atomic E-state index is 0.198. The Morgan fingerprint density at radius 3 is 2.54 bits per heavy atom. The van der Waals surface area contributed by atoms with Crippen LogP contribution in [0.2, 0.25) is 0 Å². The number of carbonyl (C=O) groups is 2. The lowest BCUT2D eigenvalue weighted by Gasteiger charge is -2.17. The summed E-state index contributed by atoms with van der Waals surface area (Å²) in [5.74, 6) is 0.194. The Bertz CT molecular complexity index is 778. The highest BCUT2D eigenvalue weighted by atomic mass is 19.1. The summed E-state index contributed by atoms with van der Waals surface area (Å²) in [5.41, 5.74) is 1.55. The van der Waals surface area contributed by atoms with E-state index in [1.165, 1.54) is 12.1 Å². The van der Waals surface area contributed by atoms with Crippen molar-refractivity contribution in [1.29, 1.82) is 0 Å². The number of benzene rings is 2. The zero-order valence-electron chi connectivity index (χ0n) is 14.4. The lowest BCUT2D eigenvalue weighted by atomic mass is 10.2. The van der Waals surface area contributed by atoms with E-state index in [2.05, 4.69) is 10.6 Å². The van der Waals surface area contributed by atoms with Crippen LogP contribution in [0.4, 0.5) is 14.9 Å². The van der Waals surface area contributed by atoms with Crippen molar-refractivity contribution in [2.24, 2.45) is 0 Å². The number of hydrogen-bond donors (Lipinski definition) is 2. The first kappa shape index (κ1) is 17.7. The van der Waals surface area contributed by atoms with Crippen LogP contribution >= 0.6 is 0 Å². The molecule has 136 valence electrons. The first-order valence-electron chi connectivity index (χ1n) is 8.31. The Morgan fingerprint density at radius 2 is 1.88 bits per heavy atom. The van der Waals surface area contributed by atoms with Crippen molar-refractivity contribution in [2.75, 3.05) is 18.6 Å². The number of nitrogens with zero attached hydrogens (tertiary/aromatic N) is 1. The molecular formula is C19H20FN3O3. The third-order valence-electron chi connectivity index (χ3n) is 4.26. The Kier molecular flexibility index (Phi) is 5.36. The van der Waals surface area contributed by atoms with Crippen LogP contribution < -0.4 is 20.3 Å². The standard InChI is InChI=1S/C19H20FN3O3/c1-26-16-8-2-13(3-9-16)12-21-19(25)22-17-10-11-23(18(17)24)15-6-4-14(20)5-7-15/h2-9,17H,10-12H2,1H3,(H2,21,22,25)/t17-/m1/s1. The molecular weight excluding hydrogens is 337 g/mol. The van der Waals surface area contributed by atoms with Gasteiger partial charge in [0, 0.05) is 18.8 Å². The fraction of sp³-hybridized carbons (Fsp3) is 0.263. The molecule has 0 spiro atoms. The van der Waals surface area contributed by atoms with Crippen molar-refractivity contribution >= 4 is 17.6 Å². The molecule has 1 atom stereocenters. The van der Waals surface area contributed by atoms with Gasteiger partial charge in [-0.1, -0.05) is 12.1 Å². The molecule has 1 fully saturated rings. The van der Waals surface area contributed by atoms with Crippen molar-refractivity contribution in [3.05, 3.63) is 59.9 Å². The van der Waals surface area contributed by atoms with Crippen LogP contribution in [0, 0.1) is 5.82 Å². The zero-order chi connectivity index (χ0) is 18.5. The Labute approximate surface area is 150 Å². The molecule has 6 nitrogen and oxygen atoms in total. The Balaban J connectivity index is 1.51. The highest BCUT2D eigenvalue weighted by Crippen LogP contribution is 2.21. The summed E-state index contributed by atoms with van der Waals surface area (Å²) in [5, 5.41) is 5.43. The number of ether oxygens (including phenoxy) is 1. The fourth-order valence-electron chi connectivity index (χ4n) is 2.83. The average molecular weight is 357 g/mol. The molecule has 0 bridgehead atoms. The number of urea groups is 1. The smallest absolute Gasteiger partial charge is 0.315 e. The van der Waals surface area contributed by atoms with Crippen LogP contribution in [0.25, 0.3) is 0 Å². The largest absolute Gasteiger partial charge is 0.497 e. The van der Waals surface area contributed by atoms with Gasteiger partial charge >= 0.3 is 6.03 Å². The molecule has 2 N–H and O–H groups in total. The van der Waals surface area contributed by atoms with E-state index in [4.69, 9.17) is 4.74 Å². The predicted molar refractivity (Wildman–Crippen MR) is 95.5 cm³/mol. The topological polar surface area (TPSA) is 70.7 Å². The third kappa shape index (κ3) is 4.11. The molecule has 0 unspecified atom stereocenters. The summed E-state index contributed by atoms with van der Waals surface area (Å²) in [7, 11) is 1.59. The quantitative estimate of drug-likeness (QED) is 0.863. The van der Waals surface area contributed by atoms with Crippen molar-refractivity contribution in [3.63, 3.8) is 0 Å². The van der Waals surface area contributed by atoms with Crippen molar-refractivity contribution < 1.29 is 18.7 Å². The molecule has 0 saturated carbocycles. The van der Waals surface area contributed by atoms with E-state index in [-0.39, 0.29) is 11.7 Å². The molecule has 1 aliphatic heterocycles. The van der Waals surface area contributed by atoms with Crippen LogP contribution in [0.1, 0.15) is 12.0 Å². The van der Waals surface area contributed by atoms with Gasteiger partial charge in [-0.3, -0.25) is 4.79 Å². The van der Waals surface area contributed by atoms with Gasteiger partial charge in [-0.2, -0.15) is 0 Å². The first-order valence-corrected chi connectivity index (χ1v) is 8.31. The molecule has 0 aliphatic carbocycles. The molecule has 26 heavy (non-hydrogen) atoms. The summed E-state index contributed by atoms with van der Waals surface area (Å²) in [6.45, 7) is 0.826. The number of carbonyl (C=O) groups excluding carboxylic acids is 2. The summed E-state index contributed by atoms with van der Waals surface area (Å²) < 4.78 is 18.1. The van der Waals surface area contributed by atoms with Gasteiger partial charge in [0.25, 0.3) is 0 Å². The van der Waals surface area contributed by atoms with Gasteiger partial charge in [-0.25, -0.2) is 9.18 Å². The highest BCUT2D eigenvalue weighted by molar-refractivity contribution is 6.01. The molecule has 0 radical (unpaired) electrons. The summed E-state index contributed by atoms with van der Waals surface area (Å²) in [6.07, 6.45) is 0.506. The van der Waals surface area contributed by atoms with Crippen molar-refractivity contribution in [3.8, 4) is 5.75 Å². The third-order valence-corrected chi connectivity index (χ3v) is 4.26. The maximum atomic E-state index is 13.0. The summed E-state index contributed by atoms with van der Waals surface area (Å²) in [6, 6.07) is 12.1. The lowest BCUT2D eigenvalue weighted by molar-refractivity contribution is -0.118. The SMILES string of the molecule is COc1ccc(CNC(=O)N[C@@H]2CCN(c3ccc(F)cc3)C2=O)cc1. The van der Waals surface area contributed by atoms with Gasteiger partial charge in [0.05, 0.1) is 7.11 Å². The van der Waals surface area contributed by atoms with Gasteiger partial charge in [0.2, 0.25) is 5.91 Å². The minimum atomic E-state index is -0.587. The molecule has 2 aromatic carbocycles. The van der Waals surface area contributed by atoms with E-state index in [0.717, 1.165) is 11.3 Å². The Hall–Kier alpha value is -3.09. The second-order valence-electron chi connectivity index (χ2n) is 5.98. The van der Waals surface area contributed by atoms with Crippen molar-refractivity contribution in [1.82, 2.24) is 10.6 Å². The fourth-order valence-corrected chi connectivity index (χ4v) is 2.83. The monoisotopic (exact) mass is 357 g/mol. The second-order valence-corrected chi connectivity index (χ2v) is 5.98. The minimum Gasteiger partial charge on any atom is -0.497 e. The van der Waals surface area contributed by atoms with E-state index in [1.54, 1.807) is 24.1 Å². The molecule has 2 aromatic rings. The van der Waals surface area contributed by atoms with E-state index in [1.807, 2.05) is 24.3 Å². The number of amides is 3. The number of anilines is 1. The van der Waals surface area contributed by atoms with E-state index in [0.29, 0.717) is 25.2 Å². The van der Waals surface area contributed by atoms with Gasteiger partial charge in [-0.15, -0.1) is 0 Å². The summed E-state index contributed by atoms with van der Waals surface area (Å²) >= 11 is 0. The lowest BCUT2D eigenvalue weighted by Crippen LogP contribution is -2.45. The molecule has 1 heterocycles. The van der Waals surface area contributed by atoms with Crippen LogP contribution in [0.15, 0.2) is 48.5 Å². The molecule has 1 aliphatic rings. The molecule has 3 rings (SSSR count). The van der Waals surface area contributed by atoms with Crippen molar-refractivity contribution in [2.45, 2.75) is 19.0 Å². The highest BCUT2D eigenvalue weighted by Gasteiger charge is 2.33. The maximum absolute atomic E-state index is 13.0. The van der Waals surface area contributed by atoms with E-state index < -0.39 is 12.1 Å². The normalized spacial score (nSPS) is 16.5. The molecule has 3 amide bonds. The number of nitrogens with one attached hydrogen (secondary N) is 2. The van der Waals surface area contributed by atoms with E-state index >= 15 is 0 Å². The predicted octanol–water partition coefficient (Wildman–Crippen LogP) is 2.44. The zero-order valence-corrected chi connectivity index (χ0v) is 14.4. The maximum Gasteiger partial charge on any atom is 0.315 e. The van der Waals surface area contributed by atoms with Crippen LogP contribution in [-0.4, -0.2) is 31.6 Å². The summed E-state index contributed by atoms with van der Waals surface area (Å²) in [4.78, 5) is 26.1. The van der Waals surface area contributed by atoms with Gasteiger partial charge < -0.3 is 20.3 Å². The first-order chi connectivity index (χ1) is 12.6. The van der Waals surface area contributed by atoms with Crippen LogP contribution in [-0.2, 0) is 11.3 Å². The second kappa shape index (κ2) is 7.86. The van der Waals surface area contributed by atoms with Gasteiger partial charge in [-0.05, 0) is 48.4 Å². The average Bonchev–Trinajstić information content (AvgIpc) is 3.01. The number of hydrogen-bond acceptors (Lipinski definition) is 3. The van der Waals surface area contributed by atoms with Gasteiger partial charge in [0.15, 0.2) is 0 Å². The number of rotatable bonds is 5.